The smallest absolute Gasteiger partial charge is 0.156 e. The Morgan fingerprint density at radius 2 is 1.71 bits per heavy atom. The molecule has 96 valence electrons. The van der Waals surface area contributed by atoms with Crippen LogP contribution in [0.15, 0.2) is 24.3 Å². The van der Waals surface area contributed by atoms with E-state index in [4.69, 9.17) is 0 Å². The highest BCUT2D eigenvalue weighted by atomic mass is 32.2. The molecule has 0 aliphatic heterocycles. The summed E-state index contributed by atoms with van der Waals surface area (Å²) in [5.74, 6) is 0. The molecule has 0 aliphatic carbocycles. The molecule has 1 aromatic carbocycles. The molecule has 0 aromatic heterocycles. The Bertz CT molecular complexity index is 461. The third-order valence-electron chi connectivity index (χ3n) is 3.24. The van der Waals surface area contributed by atoms with Gasteiger partial charge in [-0.3, -0.25) is 0 Å². The molecule has 0 aliphatic rings. The molecule has 0 amide bonds. The third-order valence-corrected chi connectivity index (χ3v) is 5.33. The second kappa shape index (κ2) is 5.19. The van der Waals surface area contributed by atoms with Crippen molar-refractivity contribution in [3.8, 4) is 0 Å². The summed E-state index contributed by atoms with van der Waals surface area (Å²) in [6.45, 7) is 4.41. The maximum Gasteiger partial charge on any atom is 0.156 e. The van der Waals surface area contributed by atoms with Crippen LogP contribution in [0.4, 0.5) is 0 Å². The normalized spacial score (nSPS) is 12.7. The predicted molar refractivity (Wildman–Crippen MR) is 71.9 cm³/mol. The van der Waals surface area contributed by atoms with Crippen LogP contribution in [0.3, 0.4) is 0 Å². The third kappa shape index (κ3) is 3.30. The van der Waals surface area contributed by atoms with E-state index in [0.717, 1.165) is 18.5 Å². The van der Waals surface area contributed by atoms with Crippen LogP contribution in [0.2, 0.25) is 0 Å². The fourth-order valence-corrected chi connectivity index (χ4v) is 2.12. The van der Waals surface area contributed by atoms with E-state index >= 15 is 0 Å². The Hall–Kier alpha value is -0.870. The Kier molecular flexibility index (Phi) is 4.33. The monoisotopic (exact) mass is 255 g/mol. The van der Waals surface area contributed by atoms with E-state index < -0.39 is 14.6 Å². The summed E-state index contributed by atoms with van der Waals surface area (Å²) < 4.78 is 22.6. The molecule has 1 rings (SSSR count). The number of sulfone groups is 1. The van der Waals surface area contributed by atoms with Crippen molar-refractivity contribution >= 4 is 9.84 Å². The Morgan fingerprint density at radius 3 is 2.12 bits per heavy atom. The molecule has 1 N–H and O–H groups in total. The summed E-state index contributed by atoms with van der Waals surface area (Å²) in [6, 6.07) is 7.82. The molecule has 0 unspecified atom stereocenters. The molecular formula is C13H21NO2S. The quantitative estimate of drug-likeness (QED) is 0.871. The van der Waals surface area contributed by atoms with Crippen molar-refractivity contribution < 1.29 is 8.42 Å². The predicted octanol–water partition coefficient (Wildman–Crippen LogP) is 1.73. The SMILES string of the molecule is CNCCc1ccc(C(C)(C)S(C)(=O)=O)cc1. The summed E-state index contributed by atoms with van der Waals surface area (Å²) in [4.78, 5) is 0. The van der Waals surface area contributed by atoms with Crippen LogP contribution in [0.25, 0.3) is 0 Å². The Balaban J connectivity index is 2.95. The van der Waals surface area contributed by atoms with Gasteiger partial charge in [0.05, 0.1) is 4.75 Å². The van der Waals surface area contributed by atoms with Crippen molar-refractivity contribution in [2.24, 2.45) is 0 Å². The van der Waals surface area contributed by atoms with Gasteiger partial charge in [0.2, 0.25) is 0 Å². The maximum absolute atomic E-state index is 11.7. The first-order valence-corrected chi connectivity index (χ1v) is 7.62. The van der Waals surface area contributed by atoms with Crippen LogP contribution in [0.5, 0.6) is 0 Å². The molecule has 0 saturated carbocycles. The summed E-state index contributed by atoms with van der Waals surface area (Å²) in [6.07, 6.45) is 2.23. The van der Waals surface area contributed by atoms with Crippen molar-refractivity contribution in [1.29, 1.82) is 0 Å². The zero-order valence-corrected chi connectivity index (χ0v) is 11.8. The zero-order chi connectivity index (χ0) is 13.1. The molecule has 17 heavy (non-hydrogen) atoms. The zero-order valence-electron chi connectivity index (χ0n) is 10.9. The van der Waals surface area contributed by atoms with Gasteiger partial charge in [-0.15, -0.1) is 0 Å². The van der Waals surface area contributed by atoms with Crippen LogP contribution >= 0.6 is 0 Å². The summed E-state index contributed by atoms with van der Waals surface area (Å²) in [5.41, 5.74) is 2.06. The molecule has 0 heterocycles. The molecule has 0 fully saturated rings. The first-order valence-electron chi connectivity index (χ1n) is 5.72. The minimum Gasteiger partial charge on any atom is -0.319 e. The van der Waals surface area contributed by atoms with Gasteiger partial charge in [0.25, 0.3) is 0 Å². The Labute approximate surface area is 104 Å². The van der Waals surface area contributed by atoms with Gasteiger partial charge in [0, 0.05) is 6.26 Å². The highest BCUT2D eigenvalue weighted by Crippen LogP contribution is 2.28. The molecule has 0 radical (unpaired) electrons. The van der Waals surface area contributed by atoms with Gasteiger partial charge in [-0.25, -0.2) is 8.42 Å². The number of nitrogens with one attached hydrogen (secondary N) is 1. The van der Waals surface area contributed by atoms with E-state index in [1.54, 1.807) is 13.8 Å². The summed E-state index contributed by atoms with van der Waals surface area (Å²) in [7, 11) is -1.18. The summed E-state index contributed by atoms with van der Waals surface area (Å²) >= 11 is 0. The minimum atomic E-state index is -3.10. The van der Waals surface area contributed by atoms with E-state index in [0.29, 0.717) is 0 Å². The fourth-order valence-electron chi connectivity index (χ4n) is 1.56. The summed E-state index contributed by atoms with van der Waals surface area (Å²) in [5, 5.41) is 3.09. The van der Waals surface area contributed by atoms with Gasteiger partial charge in [0.15, 0.2) is 9.84 Å². The van der Waals surface area contributed by atoms with E-state index in [1.807, 2.05) is 31.3 Å². The first kappa shape index (κ1) is 14.2. The van der Waals surface area contributed by atoms with Crippen molar-refractivity contribution in [2.45, 2.75) is 25.0 Å². The van der Waals surface area contributed by atoms with E-state index in [-0.39, 0.29) is 0 Å². The lowest BCUT2D eigenvalue weighted by Crippen LogP contribution is -2.27. The van der Waals surface area contributed by atoms with Crippen LogP contribution in [0, 0.1) is 0 Å². The minimum absolute atomic E-state index is 0.825. The van der Waals surface area contributed by atoms with Gasteiger partial charge in [0.1, 0.15) is 0 Å². The topological polar surface area (TPSA) is 46.2 Å². The average molecular weight is 255 g/mol. The molecule has 3 nitrogen and oxygen atoms in total. The highest BCUT2D eigenvalue weighted by Gasteiger charge is 2.31. The van der Waals surface area contributed by atoms with Crippen LogP contribution in [-0.2, 0) is 21.0 Å². The van der Waals surface area contributed by atoms with Gasteiger partial charge in [-0.2, -0.15) is 0 Å². The molecular weight excluding hydrogens is 234 g/mol. The van der Waals surface area contributed by atoms with Crippen LogP contribution in [0.1, 0.15) is 25.0 Å². The van der Waals surface area contributed by atoms with E-state index in [1.165, 1.54) is 11.8 Å². The second-order valence-corrected chi connectivity index (χ2v) is 7.40. The van der Waals surface area contributed by atoms with E-state index in [2.05, 4.69) is 5.32 Å². The molecule has 0 bridgehead atoms. The second-order valence-electron chi connectivity index (χ2n) is 4.83. The molecule has 0 atom stereocenters. The number of hydrogen-bond acceptors (Lipinski definition) is 3. The lowest BCUT2D eigenvalue weighted by Gasteiger charge is -2.23. The van der Waals surface area contributed by atoms with Gasteiger partial charge in [-0.05, 0) is 45.0 Å². The van der Waals surface area contributed by atoms with Crippen molar-refractivity contribution in [2.75, 3.05) is 19.8 Å². The first-order chi connectivity index (χ1) is 7.79. The fraction of sp³-hybridized carbons (Fsp3) is 0.538. The largest absolute Gasteiger partial charge is 0.319 e. The van der Waals surface area contributed by atoms with Crippen LogP contribution in [-0.4, -0.2) is 28.3 Å². The van der Waals surface area contributed by atoms with Gasteiger partial charge >= 0.3 is 0 Å². The standard InChI is InChI=1S/C13H21NO2S/c1-13(2,17(4,15)16)12-7-5-11(6-8-12)9-10-14-3/h5-8,14H,9-10H2,1-4H3. The van der Waals surface area contributed by atoms with Crippen molar-refractivity contribution in [3.63, 3.8) is 0 Å². The number of likely N-dealkylation sites (N-methyl/N-ethyl adjacent to an activating group) is 1. The van der Waals surface area contributed by atoms with Gasteiger partial charge < -0.3 is 5.32 Å². The molecule has 1 aromatic rings. The Morgan fingerprint density at radius 1 is 1.18 bits per heavy atom. The maximum atomic E-state index is 11.7. The molecule has 4 heteroatoms. The number of benzene rings is 1. The molecule has 0 saturated heterocycles. The molecule has 0 spiro atoms. The average Bonchev–Trinajstić information content (AvgIpc) is 2.25. The number of hydrogen-bond donors (Lipinski definition) is 1. The number of rotatable bonds is 5. The van der Waals surface area contributed by atoms with E-state index in [9.17, 15) is 8.42 Å². The highest BCUT2D eigenvalue weighted by molar-refractivity contribution is 7.91. The lowest BCUT2D eigenvalue weighted by molar-refractivity contribution is 0.561. The van der Waals surface area contributed by atoms with Gasteiger partial charge in [-0.1, -0.05) is 24.3 Å². The van der Waals surface area contributed by atoms with Crippen molar-refractivity contribution in [3.05, 3.63) is 35.4 Å². The van der Waals surface area contributed by atoms with Crippen LogP contribution < -0.4 is 5.32 Å². The lowest BCUT2D eigenvalue weighted by atomic mass is 10.00. The van der Waals surface area contributed by atoms with Crippen molar-refractivity contribution in [1.82, 2.24) is 5.32 Å².